The summed E-state index contributed by atoms with van der Waals surface area (Å²) in [4.78, 5) is 0. The third-order valence-corrected chi connectivity index (χ3v) is 1.11. The van der Waals surface area contributed by atoms with E-state index in [0.717, 1.165) is 6.42 Å². The molecule has 1 heterocycles. The highest BCUT2D eigenvalue weighted by molar-refractivity contribution is 4.79. The van der Waals surface area contributed by atoms with Gasteiger partial charge in [-0.25, -0.2) is 0 Å². The average molecular weight is 86.1 g/mol. The summed E-state index contributed by atoms with van der Waals surface area (Å²) in [6.07, 6.45) is 1.43. The van der Waals surface area contributed by atoms with Crippen molar-refractivity contribution in [2.75, 3.05) is 0 Å². The summed E-state index contributed by atoms with van der Waals surface area (Å²) in [6.45, 7) is 2.13. The van der Waals surface area contributed by atoms with E-state index in [1.165, 1.54) is 0 Å². The van der Waals surface area contributed by atoms with Gasteiger partial charge in [0.05, 0.1) is 6.17 Å². The molecule has 0 bridgehead atoms. The molecule has 0 aromatic rings. The second-order valence-electron chi connectivity index (χ2n) is 1.91. The highest BCUT2D eigenvalue weighted by Gasteiger charge is 2.18. The van der Waals surface area contributed by atoms with Crippen LogP contribution in [0, 0.1) is 0 Å². The third kappa shape index (κ3) is 0.533. The zero-order valence-corrected chi connectivity index (χ0v) is 3.94. The molecule has 2 heteroatoms. The summed E-state index contributed by atoms with van der Waals surface area (Å²) < 4.78 is 0. The molecule has 0 aromatic heterocycles. The highest BCUT2D eigenvalue weighted by Crippen LogP contribution is 2.03. The van der Waals surface area contributed by atoms with E-state index in [4.69, 9.17) is 5.73 Å². The highest BCUT2D eigenvalue weighted by atomic mass is 15.1. The molecule has 1 rings (SSSR count). The number of hydrogen-bond donors (Lipinski definition) is 2. The molecule has 1 fully saturated rings. The van der Waals surface area contributed by atoms with E-state index < -0.39 is 0 Å². The van der Waals surface area contributed by atoms with Crippen LogP contribution in [0.1, 0.15) is 13.3 Å². The molecule has 0 spiro atoms. The molecule has 0 saturated carbocycles. The third-order valence-electron chi connectivity index (χ3n) is 1.11. The Balaban J connectivity index is 2.11. The minimum Gasteiger partial charge on any atom is -0.316 e. The van der Waals surface area contributed by atoms with Crippen molar-refractivity contribution in [3.05, 3.63) is 0 Å². The summed E-state index contributed by atoms with van der Waals surface area (Å²) in [5.74, 6) is 0. The molecule has 1 saturated heterocycles. The van der Waals surface area contributed by atoms with E-state index in [1.54, 1.807) is 0 Å². The lowest BCUT2D eigenvalue weighted by Crippen LogP contribution is -2.55. The Morgan fingerprint density at radius 1 is 1.83 bits per heavy atom. The van der Waals surface area contributed by atoms with Gasteiger partial charge in [0.25, 0.3) is 0 Å². The lowest BCUT2D eigenvalue weighted by atomic mass is 10.1. The van der Waals surface area contributed by atoms with Gasteiger partial charge in [-0.15, -0.1) is 0 Å². The molecule has 1 aliphatic rings. The molecule has 1 aliphatic heterocycles. The largest absolute Gasteiger partial charge is 0.316 e. The van der Waals surface area contributed by atoms with Crippen LogP contribution in [0.4, 0.5) is 0 Å². The van der Waals surface area contributed by atoms with Gasteiger partial charge >= 0.3 is 0 Å². The zero-order valence-electron chi connectivity index (χ0n) is 3.94. The maximum atomic E-state index is 5.36. The Bertz CT molecular complexity index is 41.5. The predicted molar refractivity (Wildman–Crippen MR) is 25.2 cm³/mol. The van der Waals surface area contributed by atoms with E-state index in [9.17, 15) is 0 Å². The van der Waals surface area contributed by atoms with Gasteiger partial charge in [-0.1, -0.05) is 0 Å². The van der Waals surface area contributed by atoms with Crippen molar-refractivity contribution >= 4 is 0 Å². The van der Waals surface area contributed by atoms with E-state index in [0.29, 0.717) is 12.2 Å². The van der Waals surface area contributed by atoms with Crippen LogP contribution in [0.25, 0.3) is 0 Å². The van der Waals surface area contributed by atoms with Gasteiger partial charge in [0.1, 0.15) is 0 Å². The number of nitrogens with one attached hydrogen (secondary N) is 1. The normalized spacial score (nSPS) is 45.0. The molecule has 0 radical (unpaired) electrons. The summed E-state index contributed by atoms with van der Waals surface area (Å²) in [5.41, 5.74) is 5.36. The van der Waals surface area contributed by atoms with Crippen LogP contribution in [-0.2, 0) is 0 Å². The van der Waals surface area contributed by atoms with Crippen molar-refractivity contribution in [1.29, 1.82) is 0 Å². The topological polar surface area (TPSA) is 38.0 Å². The van der Waals surface area contributed by atoms with Crippen LogP contribution in [0.2, 0.25) is 0 Å². The Kier molecular flexibility index (Phi) is 0.821. The standard InChI is InChI=1S/C4H10N2/c1-3-2-4(5)6-3/h3-4,6H,2,5H2,1H3/t3-,4?/m1/s1. The lowest BCUT2D eigenvalue weighted by Gasteiger charge is -2.31. The molecule has 3 N–H and O–H groups in total. The zero-order chi connectivity index (χ0) is 4.57. The number of hydrogen-bond acceptors (Lipinski definition) is 2. The maximum Gasteiger partial charge on any atom is 0.0563 e. The van der Waals surface area contributed by atoms with Crippen LogP contribution < -0.4 is 11.1 Å². The van der Waals surface area contributed by atoms with Gasteiger partial charge in [0.15, 0.2) is 0 Å². The predicted octanol–water partition coefficient (Wildman–Crippen LogP) is -0.347. The summed E-state index contributed by atoms with van der Waals surface area (Å²) in [6, 6.07) is 0.667. The Morgan fingerprint density at radius 2 is 2.33 bits per heavy atom. The van der Waals surface area contributed by atoms with Crippen molar-refractivity contribution < 1.29 is 0 Å². The summed E-state index contributed by atoms with van der Waals surface area (Å²) in [5, 5.41) is 3.08. The smallest absolute Gasteiger partial charge is 0.0563 e. The van der Waals surface area contributed by atoms with E-state index >= 15 is 0 Å². The summed E-state index contributed by atoms with van der Waals surface area (Å²) >= 11 is 0. The van der Waals surface area contributed by atoms with Crippen molar-refractivity contribution in [3.63, 3.8) is 0 Å². The fourth-order valence-corrected chi connectivity index (χ4v) is 0.722. The molecular weight excluding hydrogens is 76.1 g/mol. The van der Waals surface area contributed by atoms with Crippen LogP contribution in [0.5, 0.6) is 0 Å². The van der Waals surface area contributed by atoms with Crippen LogP contribution in [-0.4, -0.2) is 12.2 Å². The monoisotopic (exact) mass is 86.1 g/mol. The summed E-state index contributed by atoms with van der Waals surface area (Å²) in [7, 11) is 0. The quantitative estimate of drug-likeness (QED) is 0.423. The molecule has 36 valence electrons. The Labute approximate surface area is 37.7 Å². The molecule has 2 nitrogen and oxygen atoms in total. The van der Waals surface area contributed by atoms with Crippen LogP contribution in [0.3, 0.4) is 0 Å². The fourth-order valence-electron chi connectivity index (χ4n) is 0.722. The van der Waals surface area contributed by atoms with Gasteiger partial charge in [0.2, 0.25) is 0 Å². The first-order valence-electron chi connectivity index (χ1n) is 2.30. The van der Waals surface area contributed by atoms with Crippen LogP contribution in [0.15, 0.2) is 0 Å². The number of rotatable bonds is 0. The van der Waals surface area contributed by atoms with Gasteiger partial charge in [0, 0.05) is 6.04 Å². The second-order valence-corrected chi connectivity index (χ2v) is 1.91. The van der Waals surface area contributed by atoms with Crippen LogP contribution >= 0.6 is 0 Å². The first-order chi connectivity index (χ1) is 2.79. The van der Waals surface area contributed by atoms with E-state index in [1.807, 2.05) is 0 Å². The molecule has 0 aliphatic carbocycles. The van der Waals surface area contributed by atoms with Crippen molar-refractivity contribution in [2.45, 2.75) is 25.6 Å². The van der Waals surface area contributed by atoms with Gasteiger partial charge in [-0.2, -0.15) is 0 Å². The second kappa shape index (κ2) is 1.21. The molecule has 1 unspecified atom stereocenters. The van der Waals surface area contributed by atoms with Gasteiger partial charge in [-0.05, 0) is 13.3 Å². The maximum absolute atomic E-state index is 5.36. The van der Waals surface area contributed by atoms with E-state index in [2.05, 4.69) is 12.2 Å². The average Bonchev–Trinajstić information content (AvgIpc) is 1.33. The first kappa shape index (κ1) is 4.09. The van der Waals surface area contributed by atoms with E-state index in [-0.39, 0.29) is 0 Å². The van der Waals surface area contributed by atoms with Crippen molar-refractivity contribution in [2.24, 2.45) is 5.73 Å². The number of nitrogens with two attached hydrogens (primary N) is 1. The Hall–Kier alpha value is -0.0800. The Morgan fingerprint density at radius 3 is 2.33 bits per heavy atom. The first-order valence-corrected chi connectivity index (χ1v) is 2.30. The molecular formula is C4H10N2. The fraction of sp³-hybridized carbons (Fsp3) is 1.00. The van der Waals surface area contributed by atoms with Gasteiger partial charge in [-0.3, -0.25) is 5.32 Å². The minimum absolute atomic E-state index is 0.292. The SMILES string of the molecule is C[C@@H]1CC(N)N1. The van der Waals surface area contributed by atoms with Crippen molar-refractivity contribution in [1.82, 2.24) is 5.32 Å². The minimum atomic E-state index is 0.292. The molecule has 6 heavy (non-hydrogen) atoms. The van der Waals surface area contributed by atoms with Crippen molar-refractivity contribution in [3.8, 4) is 0 Å². The molecule has 0 amide bonds. The molecule has 0 aromatic carbocycles. The molecule has 2 atom stereocenters. The van der Waals surface area contributed by atoms with Gasteiger partial charge < -0.3 is 5.73 Å². The lowest BCUT2D eigenvalue weighted by molar-refractivity contribution is 0.289.